The summed E-state index contributed by atoms with van der Waals surface area (Å²) in [7, 11) is 1.44. The molecular weight excluding hydrogens is 278 g/mol. The highest BCUT2D eigenvalue weighted by atomic mass is 35.5. The number of benzene rings is 1. The molecule has 0 heterocycles. The summed E-state index contributed by atoms with van der Waals surface area (Å²) in [6.45, 7) is 0. The summed E-state index contributed by atoms with van der Waals surface area (Å²) in [6, 6.07) is 4.35. The Labute approximate surface area is 106 Å². The monoisotopic (exact) mass is 285 g/mol. The van der Waals surface area contributed by atoms with Crippen molar-refractivity contribution in [3.63, 3.8) is 0 Å². The van der Waals surface area contributed by atoms with Crippen molar-refractivity contribution >= 4 is 34.1 Å². The predicted octanol–water partition coefficient (Wildman–Crippen LogP) is 4.27. The van der Waals surface area contributed by atoms with E-state index >= 15 is 0 Å². The van der Waals surface area contributed by atoms with E-state index in [1.54, 1.807) is 0 Å². The molecule has 0 fully saturated rings. The minimum absolute atomic E-state index is 0.0120. The van der Waals surface area contributed by atoms with Gasteiger partial charge in [-0.15, -0.1) is 11.6 Å². The number of rotatable bonds is 3. The average Bonchev–Trinajstić information content (AvgIpc) is 2.28. The van der Waals surface area contributed by atoms with Crippen molar-refractivity contribution in [1.29, 1.82) is 0 Å². The molecule has 1 rings (SSSR count). The molecule has 94 valence electrons. The Morgan fingerprint density at radius 3 is 2.53 bits per heavy atom. The lowest BCUT2D eigenvalue weighted by atomic mass is 10.2. The molecule has 2 nitrogen and oxygen atoms in total. The van der Waals surface area contributed by atoms with Crippen LogP contribution in [-0.2, 0) is 5.88 Å². The van der Waals surface area contributed by atoms with Crippen LogP contribution in [-0.4, -0.2) is 18.5 Å². The Kier molecular flexibility index (Phi) is 4.65. The smallest absolute Gasteiger partial charge is 0.444 e. The van der Waals surface area contributed by atoms with Crippen molar-refractivity contribution in [2.45, 2.75) is 12.1 Å². The third kappa shape index (κ3) is 3.78. The molecule has 0 saturated carbocycles. The van der Waals surface area contributed by atoms with E-state index in [1.165, 1.54) is 25.3 Å². The largest absolute Gasteiger partial charge is 0.497 e. The van der Waals surface area contributed by atoms with Gasteiger partial charge in [0.05, 0.1) is 12.8 Å². The van der Waals surface area contributed by atoms with Gasteiger partial charge in [-0.3, -0.25) is 0 Å². The van der Waals surface area contributed by atoms with Crippen LogP contribution in [0, 0.1) is 0 Å². The highest BCUT2D eigenvalue weighted by molar-refractivity contribution is 6.67. The van der Waals surface area contributed by atoms with Crippen LogP contribution >= 0.6 is 23.2 Å². The zero-order valence-corrected chi connectivity index (χ0v) is 10.2. The number of methoxy groups -OCH3 is 1. The maximum Gasteiger partial charge on any atom is 0.444 e. The summed E-state index contributed by atoms with van der Waals surface area (Å²) in [6.07, 6.45) is -4.66. The van der Waals surface area contributed by atoms with Crippen LogP contribution in [0.2, 0.25) is 0 Å². The summed E-state index contributed by atoms with van der Waals surface area (Å²) in [4.78, 5) is 3.29. The second kappa shape index (κ2) is 5.60. The van der Waals surface area contributed by atoms with Gasteiger partial charge in [-0.2, -0.15) is 13.2 Å². The van der Waals surface area contributed by atoms with E-state index in [2.05, 4.69) is 4.99 Å². The summed E-state index contributed by atoms with van der Waals surface area (Å²) in [5.41, 5.74) is 0.483. The summed E-state index contributed by atoms with van der Waals surface area (Å²) in [5, 5.41) is -1.44. The van der Waals surface area contributed by atoms with Crippen molar-refractivity contribution in [2.75, 3.05) is 7.11 Å². The molecule has 0 aromatic heterocycles. The second-order valence-corrected chi connectivity index (χ2v) is 3.65. The Bertz CT molecular complexity index is 432. The van der Waals surface area contributed by atoms with Gasteiger partial charge in [0.1, 0.15) is 5.75 Å². The molecule has 0 aliphatic rings. The fourth-order valence-corrected chi connectivity index (χ4v) is 1.38. The topological polar surface area (TPSA) is 21.6 Å². The summed E-state index contributed by atoms with van der Waals surface area (Å²) in [5.74, 6) is 0.501. The number of hydrogen-bond acceptors (Lipinski definition) is 2. The van der Waals surface area contributed by atoms with Gasteiger partial charge in [-0.25, -0.2) is 4.99 Å². The number of hydrogen-bond donors (Lipinski definition) is 0. The lowest BCUT2D eigenvalue weighted by molar-refractivity contribution is -0.0558. The van der Waals surface area contributed by atoms with Crippen LogP contribution in [0.15, 0.2) is 23.2 Å². The van der Waals surface area contributed by atoms with E-state index in [4.69, 9.17) is 27.9 Å². The maximum absolute atomic E-state index is 12.2. The number of nitrogens with zero attached hydrogens (tertiary/aromatic N) is 1. The third-order valence-corrected chi connectivity index (χ3v) is 2.47. The van der Waals surface area contributed by atoms with Crippen molar-refractivity contribution in [1.82, 2.24) is 0 Å². The van der Waals surface area contributed by atoms with E-state index in [-0.39, 0.29) is 11.6 Å². The molecule has 0 saturated heterocycles. The van der Waals surface area contributed by atoms with Gasteiger partial charge in [0, 0.05) is 5.88 Å². The zero-order valence-electron chi connectivity index (χ0n) is 8.68. The molecule has 0 unspecified atom stereocenters. The van der Waals surface area contributed by atoms with Crippen molar-refractivity contribution in [3.8, 4) is 5.75 Å². The molecule has 0 amide bonds. The molecular formula is C10H8Cl2F3NO. The molecule has 1 aromatic carbocycles. The fraction of sp³-hybridized carbons (Fsp3) is 0.300. The van der Waals surface area contributed by atoms with E-state index in [0.29, 0.717) is 11.3 Å². The molecule has 0 bridgehead atoms. The SMILES string of the molecule is COc1ccc(N=C(Cl)C(F)(F)F)c(CCl)c1. The molecule has 0 spiro atoms. The number of aliphatic imine (C=N–C) groups is 1. The van der Waals surface area contributed by atoms with Crippen LogP contribution < -0.4 is 4.74 Å². The fourth-order valence-electron chi connectivity index (χ4n) is 1.07. The standard InChI is InChI=1S/C10H8Cl2F3NO/c1-17-7-2-3-8(6(4-7)5-11)16-9(12)10(13,14)15/h2-4H,5H2,1H3. The van der Waals surface area contributed by atoms with Crippen LogP contribution in [0.1, 0.15) is 5.56 Å². The minimum atomic E-state index is -4.66. The van der Waals surface area contributed by atoms with E-state index in [1.807, 2.05) is 0 Å². The predicted molar refractivity (Wildman–Crippen MR) is 61.6 cm³/mol. The summed E-state index contributed by atoms with van der Waals surface area (Å²) >= 11 is 10.7. The second-order valence-electron chi connectivity index (χ2n) is 3.03. The highest BCUT2D eigenvalue weighted by Crippen LogP contribution is 2.29. The van der Waals surface area contributed by atoms with Crippen LogP contribution in [0.3, 0.4) is 0 Å². The van der Waals surface area contributed by atoms with E-state index in [0.717, 1.165) is 0 Å². The Morgan fingerprint density at radius 1 is 1.41 bits per heavy atom. The molecule has 0 N–H and O–H groups in total. The first kappa shape index (κ1) is 14.1. The number of alkyl halides is 4. The number of ether oxygens (including phenoxy) is 1. The van der Waals surface area contributed by atoms with Gasteiger partial charge in [0.2, 0.25) is 5.17 Å². The lowest BCUT2D eigenvalue weighted by Gasteiger charge is -2.07. The Balaban J connectivity index is 3.15. The Morgan fingerprint density at radius 2 is 2.06 bits per heavy atom. The van der Waals surface area contributed by atoms with Gasteiger partial charge < -0.3 is 4.74 Å². The molecule has 7 heteroatoms. The summed E-state index contributed by atoms with van der Waals surface area (Å²) < 4.78 is 41.5. The molecule has 0 aliphatic carbocycles. The average molecular weight is 286 g/mol. The number of halogens is 5. The van der Waals surface area contributed by atoms with Gasteiger partial charge in [0.15, 0.2) is 0 Å². The van der Waals surface area contributed by atoms with E-state index in [9.17, 15) is 13.2 Å². The highest BCUT2D eigenvalue weighted by Gasteiger charge is 2.34. The molecule has 0 atom stereocenters. The third-order valence-electron chi connectivity index (χ3n) is 1.88. The first-order valence-corrected chi connectivity index (χ1v) is 5.34. The normalized spacial score (nSPS) is 12.7. The van der Waals surface area contributed by atoms with E-state index < -0.39 is 11.3 Å². The van der Waals surface area contributed by atoms with Crippen LogP contribution in [0.5, 0.6) is 5.75 Å². The van der Waals surface area contributed by atoms with Gasteiger partial charge >= 0.3 is 6.18 Å². The molecule has 17 heavy (non-hydrogen) atoms. The van der Waals surface area contributed by atoms with Crippen molar-refractivity contribution in [2.24, 2.45) is 4.99 Å². The molecule has 0 radical (unpaired) electrons. The van der Waals surface area contributed by atoms with Crippen molar-refractivity contribution < 1.29 is 17.9 Å². The maximum atomic E-state index is 12.2. The quantitative estimate of drug-likeness (QED) is 0.600. The van der Waals surface area contributed by atoms with Gasteiger partial charge in [-0.1, -0.05) is 11.6 Å². The zero-order chi connectivity index (χ0) is 13.1. The van der Waals surface area contributed by atoms with Crippen LogP contribution in [0.4, 0.5) is 18.9 Å². The van der Waals surface area contributed by atoms with Crippen LogP contribution in [0.25, 0.3) is 0 Å². The lowest BCUT2D eigenvalue weighted by Crippen LogP contribution is -2.16. The Hall–Kier alpha value is -0.940. The minimum Gasteiger partial charge on any atom is -0.497 e. The molecule has 0 aliphatic heterocycles. The first-order chi connectivity index (χ1) is 7.88. The first-order valence-electron chi connectivity index (χ1n) is 4.42. The van der Waals surface area contributed by atoms with Crippen molar-refractivity contribution in [3.05, 3.63) is 23.8 Å². The molecule has 1 aromatic rings. The van der Waals surface area contributed by atoms with Gasteiger partial charge in [0.25, 0.3) is 0 Å². The van der Waals surface area contributed by atoms with Gasteiger partial charge in [-0.05, 0) is 23.8 Å².